The van der Waals surface area contributed by atoms with Gasteiger partial charge in [-0.25, -0.2) is 0 Å². The summed E-state index contributed by atoms with van der Waals surface area (Å²) in [5, 5.41) is 3.97. The van der Waals surface area contributed by atoms with Gasteiger partial charge in [0.2, 0.25) is 5.78 Å². The Morgan fingerprint density at radius 1 is 1.50 bits per heavy atom. The number of aryl methyl sites for hydroxylation is 2. The fraction of sp³-hybridized carbons (Fsp3) is 0.200. The van der Waals surface area contributed by atoms with Crippen LogP contribution in [0.1, 0.15) is 20.1 Å². The quantitative estimate of drug-likeness (QED) is 0.705. The molecule has 4 heteroatoms. The summed E-state index contributed by atoms with van der Waals surface area (Å²) in [6.07, 6.45) is 3.33. The third-order valence-electron chi connectivity index (χ3n) is 1.93. The SMILES string of the molecule is Cc1ccc(C(=O)c2cnn(C)c2)s1. The number of thiophene rings is 1. The highest BCUT2D eigenvalue weighted by Gasteiger charge is 2.12. The van der Waals surface area contributed by atoms with Gasteiger partial charge >= 0.3 is 0 Å². The summed E-state index contributed by atoms with van der Waals surface area (Å²) in [5.74, 6) is 0.0520. The lowest BCUT2D eigenvalue weighted by Crippen LogP contribution is -1.96. The van der Waals surface area contributed by atoms with Crippen LogP contribution in [0, 0.1) is 6.92 Å². The van der Waals surface area contributed by atoms with Gasteiger partial charge in [0.15, 0.2) is 0 Å². The van der Waals surface area contributed by atoms with E-state index in [2.05, 4.69) is 5.10 Å². The van der Waals surface area contributed by atoms with Crippen molar-refractivity contribution in [2.75, 3.05) is 0 Å². The maximum absolute atomic E-state index is 11.8. The standard InChI is InChI=1S/C10H10N2OS/c1-7-3-4-9(14-7)10(13)8-5-11-12(2)6-8/h3-6H,1-2H3. The molecule has 2 aromatic heterocycles. The van der Waals surface area contributed by atoms with Gasteiger partial charge in [0, 0.05) is 18.1 Å². The van der Waals surface area contributed by atoms with Gasteiger partial charge in [-0.1, -0.05) is 0 Å². The van der Waals surface area contributed by atoms with E-state index >= 15 is 0 Å². The average molecular weight is 206 g/mol. The number of carbonyl (C=O) groups is 1. The number of nitrogens with zero attached hydrogens (tertiary/aromatic N) is 2. The van der Waals surface area contributed by atoms with E-state index in [0.717, 1.165) is 9.75 Å². The van der Waals surface area contributed by atoms with Gasteiger partial charge < -0.3 is 0 Å². The second-order valence-electron chi connectivity index (χ2n) is 3.14. The van der Waals surface area contributed by atoms with Gasteiger partial charge in [-0.3, -0.25) is 9.48 Å². The molecule has 0 aliphatic carbocycles. The molecule has 2 heterocycles. The first-order valence-corrected chi connectivity index (χ1v) is 5.08. The Kier molecular flexibility index (Phi) is 2.21. The van der Waals surface area contributed by atoms with Gasteiger partial charge in [-0.2, -0.15) is 5.10 Å². The summed E-state index contributed by atoms with van der Waals surface area (Å²) in [4.78, 5) is 13.8. The average Bonchev–Trinajstić information content (AvgIpc) is 2.73. The minimum absolute atomic E-state index is 0.0520. The van der Waals surface area contributed by atoms with Crippen molar-refractivity contribution >= 4 is 17.1 Å². The molecule has 0 amide bonds. The molecule has 14 heavy (non-hydrogen) atoms. The highest BCUT2D eigenvalue weighted by molar-refractivity contribution is 7.14. The Morgan fingerprint density at radius 3 is 2.79 bits per heavy atom. The van der Waals surface area contributed by atoms with Gasteiger partial charge in [-0.15, -0.1) is 11.3 Å². The molecule has 0 radical (unpaired) electrons. The normalized spacial score (nSPS) is 10.4. The molecule has 0 bridgehead atoms. The zero-order valence-corrected chi connectivity index (χ0v) is 8.84. The number of hydrogen-bond acceptors (Lipinski definition) is 3. The predicted molar refractivity (Wildman–Crippen MR) is 55.7 cm³/mol. The number of ketones is 1. The summed E-state index contributed by atoms with van der Waals surface area (Å²) >= 11 is 1.51. The lowest BCUT2D eigenvalue weighted by Gasteiger charge is -1.90. The van der Waals surface area contributed by atoms with Crippen molar-refractivity contribution in [3.63, 3.8) is 0 Å². The molecule has 0 unspecified atom stereocenters. The molecule has 0 fully saturated rings. The number of rotatable bonds is 2. The van der Waals surface area contributed by atoms with E-state index in [4.69, 9.17) is 0 Å². The maximum atomic E-state index is 11.8. The van der Waals surface area contributed by atoms with Crippen LogP contribution < -0.4 is 0 Å². The Balaban J connectivity index is 2.33. The Labute approximate surface area is 86.0 Å². The van der Waals surface area contributed by atoms with Gasteiger partial charge in [-0.05, 0) is 19.1 Å². The molecular formula is C10H10N2OS. The Morgan fingerprint density at radius 2 is 2.29 bits per heavy atom. The first-order valence-electron chi connectivity index (χ1n) is 4.26. The maximum Gasteiger partial charge on any atom is 0.206 e. The number of carbonyl (C=O) groups excluding carboxylic acids is 1. The highest BCUT2D eigenvalue weighted by Crippen LogP contribution is 2.18. The van der Waals surface area contributed by atoms with Crippen molar-refractivity contribution < 1.29 is 4.79 Å². The van der Waals surface area contributed by atoms with Crippen molar-refractivity contribution in [1.82, 2.24) is 9.78 Å². The lowest BCUT2D eigenvalue weighted by molar-refractivity contribution is 0.104. The van der Waals surface area contributed by atoms with E-state index in [9.17, 15) is 4.79 Å². The number of hydrogen-bond donors (Lipinski definition) is 0. The van der Waals surface area contributed by atoms with Crippen LogP contribution >= 0.6 is 11.3 Å². The number of aromatic nitrogens is 2. The molecule has 0 atom stereocenters. The molecule has 3 nitrogen and oxygen atoms in total. The topological polar surface area (TPSA) is 34.9 Å². The van der Waals surface area contributed by atoms with E-state index in [-0.39, 0.29) is 5.78 Å². The van der Waals surface area contributed by atoms with Crippen LogP contribution in [0.25, 0.3) is 0 Å². The second-order valence-corrected chi connectivity index (χ2v) is 4.43. The van der Waals surface area contributed by atoms with E-state index in [0.29, 0.717) is 5.56 Å². The smallest absolute Gasteiger partial charge is 0.206 e. The fourth-order valence-electron chi connectivity index (χ4n) is 1.24. The molecule has 0 spiro atoms. The minimum Gasteiger partial charge on any atom is -0.288 e. The van der Waals surface area contributed by atoms with Gasteiger partial charge in [0.1, 0.15) is 0 Å². The van der Waals surface area contributed by atoms with E-state index in [1.807, 2.05) is 19.1 Å². The van der Waals surface area contributed by atoms with Gasteiger partial charge in [0.25, 0.3) is 0 Å². The third-order valence-corrected chi connectivity index (χ3v) is 2.93. The Hall–Kier alpha value is -1.42. The molecule has 72 valence electrons. The lowest BCUT2D eigenvalue weighted by atomic mass is 10.2. The summed E-state index contributed by atoms with van der Waals surface area (Å²) in [6, 6.07) is 3.81. The zero-order chi connectivity index (χ0) is 10.1. The molecular weight excluding hydrogens is 196 g/mol. The van der Waals surface area contributed by atoms with Crippen molar-refractivity contribution in [1.29, 1.82) is 0 Å². The van der Waals surface area contributed by atoms with E-state index < -0.39 is 0 Å². The van der Waals surface area contributed by atoms with Crippen molar-refractivity contribution in [3.8, 4) is 0 Å². The minimum atomic E-state index is 0.0520. The van der Waals surface area contributed by atoms with Crippen LogP contribution in [0.3, 0.4) is 0 Å². The molecule has 0 saturated carbocycles. The highest BCUT2D eigenvalue weighted by atomic mass is 32.1. The zero-order valence-electron chi connectivity index (χ0n) is 8.02. The monoisotopic (exact) mass is 206 g/mol. The first kappa shape index (κ1) is 9.15. The first-order chi connectivity index (χ1) is 6.66. The van der Waals surface area contributed by atoms with Crippen LogP contribution in [0.2, 0.25) is 0 Å². The molecule has 0 aliphatic heterocycles. The molecule has 0 aromatic carbocycles. The molecule has 2 aromatic rings. The molecule has 0 aliphatic rings. The summed E-state index contributed by atoms with van der Waals surface area (Å²) in [6.45, 7) is 1.99. The fourth-order valence-corrected chi connectivity index (χ4v) is 2.07. The predicted octanol–water partition coefficient (Wildman–Crippen LogP) is 2.02. The molecule has 0 N–H and O–H groups in total. The van der Waals surface area contributed by atoms with Crippen LogP contribution in [0.4, 0.5) is 0 Å². The van der Waals surface area contributed by atoms with Crippen molar-refractivity contribution in [2.45, 2.75) is 6.92 Å². The van der Waals surface area contributed by atoms with E-state index in [1.165, 1.54) is 11.3 Å². The van der Waals surface area contributed by atoms with Crippen LogP contribution in [-0.2, 0) is 7.05 Å². The molecule has 2 rings (SSSR count). The van der Waals surface area contributed by atoms with Gasteiger partial charge in [0.05, 0.1) is 16.6 Å². The Bertz CT molecular complexity index is 428. The largest absolute Gasteiger partial charge is 0.288 e. The third kappa shape index (κ3) is 1.61. The second kappa shape index (κ2) is 3.38. The van der Waals surface area contributed by atoms with Crippen LogP contribution in [0.5, 0.6) is 0 Å². The van der Waals surface area contributed by atoms with Crippen molar-refractivity contribution in [2.24, 2.45) is 7.05 Å². The van der Waals surface area contributed by atoms with Crippen molar-refractivity contribution in [3.05, 3.63) is 39.8 Å². The molecule has 0 saturated heterocycles. The van der Waals surface area contributed by atoms with Crippen LogP contribution in [0.15, 0.2) is 24.5 Å². The van der Waals surface area contributed by atoms with E-state index in [1.54, 1.807) is 24.1 Å². The summed E-state index contributed by atoms with van der Waals surface area (Å²) < 4.78 is 1.63. The summed E-state index contributed by atoms with van der Waals surface area (Å²) in [7, 11) is 1.80. The van der Waals surface area contributed by atoms with Crippen LogP contribution in [-0.4, -0.2) is 15.6 Å². The summed E-state index contributed by atoms with van der Waals surface area (Å²) in [5.41, 5.74) is 0.648.